The second-order valence-electron chi connectivity index (χ2n) is 5.06. The standard InChI is InChI=1S/C15H17NOS2/c1-10-8-14(19-11(10)2)15(17)16-6-3-4-13(16)12-5-7-18-9-12/h5,7-9,13H,3-4,6H2,1-2H3. The van der Waals surface area contributed by atoms with Crippen molar-refractivity contribution in [2.24, 2.45) is 0 Å². The normalized spacial score (nSPS) is 19.1. The van der Waals surface area contributed by atoms with E-state index >= 15 is 0 Å². The van der Waals surface area contributed by atoms with Gasteiger partial charge < -0.3 is 4.90 Å². The Bertz CT molecular complexity index is 566. The second kappa shape index (κ2) is 5.10. The fourth-order valence-corrected chi connectivity index (χ4v) is 4.34. The van der Waals surface area contributed by atoms with Crippen molar-refractivity contribution in [2.75, 3.05) is 6.54 Å². The summed E-state index contributed by atoms with van der Waals surface area (Å²) in [5.41, 5.74) is 2.51. The highest BCUT2D eigenvalue weighted by atomic mass is 32.1. The van der Waals surface area contributed by atoms with Gasteiger partial charge in [-0.25, -0.2) is 0 Å². The molecule has 19 heavy (non-hydrogen) atoms. The molecule has 1 unspecified atom stereocenters. The van der Waals surface area contributed by atoms with Gasteiger partial charge in [0.25, 0.3) is 5.91 Å². The molecular weight excluding hydrogens is 274 g/mol. The smallest absolute Gasteiger partial charge is 0.264 e. The number of rotatable bonds is 2. The predicted molar refractivity (Wildman–Crippen MR) is 81.1 cm³/mol. The molecule has 2 aromatic rings. The molecular formula is C15H17NOS2. The number of hydrogen-bond donors (Lipinski definition) is 0. The maximum absolute atomic E-state index is 12.7. The predicted octanol–water partition coefficient (Wildman–Crippen LogP) is 4.40. The average Bonchev–Trinajstić information content (AvgIpc) is 3.09. The zero-order chi connectivity index (χ0) is 13.4. The van der Waals surface area contributed by atoms with Crippen LogP contribution in [0.25, 0.3) is 0 Å². The second-order valence-corrected chi connectivity index (χ2v) is 7.10. The number of carbonyl (C=O) groups excluding carboxylic acids is 1. The zero-order valence-corrected chi connectivity index (χ0v) is 12.8. The van der Waals surface area contributed by atoms with Crippen LogP contribution in [0, 0.1) is 13.8 Å². The molecule has 4 heteroatoms. The van der Waals surface area contributed by atoms with E-state index in [1.165, 1.54) is 16.0 Å². The number of thiophene rings is 2. The quantitative estimate of drug-likeness (QED) is 0.803. The molecule has 3 heterocycles. The molecule has 0 N–H and O–H groups in total. The largest absolute Gasteiger partial charge is 0.331 e. The number of hydrogen-bond acceptors (Lipinski definition) is 3. The van der Waals surface area contributed by atoms with E-state index in [0.29, 0.717) is 0 Å². The molecule has 0 radical (unpaired) electrons. The lowest BCUT2D eigenvalue weighted by atomic mass is 10.1. The van der Waals surface area contributed by atoms with Gasteiger partial charge in [-0.15, -0.1) is 11.3 Å². The average molecular weight is 291 g/mol. The van der Waals surface area contributed by atoms with Gasteiger partial charge in [-0.05, 0) is 60.7 Å². The maximum atomic E-state index is 12.7. The molecule has 2 aromatic heterocycles. The third-order valence-corrected chi connectivity index (χ3v) is 5.66. The highest BCUT2D eigenvalue weighted by Gasteiger charge is 2.31. The van der Waals surface area contributed by atoms with Gasteiger partial charge >= 0.3 is 0 Å². The Morgan fingerprint density at radius 1 is 1.42 bits per heavy atom. The van der Waals surface area contributed by atoms with Crippen LogP contribution >= 0.6 is 22.7 Å². The van der Waals surface area contributed by atoms with E-state index in [2.05, 4.69) is 30.7 Å². The molecule has 0 spiro atoms. The van der Waals surface area contributed by atoms with Crippen molar-refractivity contribution in [3.05, 3.63) is 43.8 Å². The molecule has 1 aliphatic rings. The molecule has 3 rings (SSSR count). The van der Waals surface area contributed by atoms with Gasteiger partial charge in [0.15, 0.2) is 0 Å². The van der Waals surface area contributed by atoms with Crippen molar-refractivity contribution in [1.82, 2.24) is 4.90 Å². The van der Waals surface area contributed by atoms with E-state index in [-0.39, 0.29) is 11.9 Å². The van der Waals surface area contributed by atoms with Crippen LogP contribution in [0.1, 0.15) is 44.6 Å². The van der Waals surface area contributed by atoms with Gasteiger partial charge in [-0.2, -0.15) is 11.3 Å². The summed E-state index contributed by atoms with van der Waals surface area (Å²) in [6, 6.07) is 4.46. The Morgan fingerprint density at radius 2 is 2.26 bits per heavy atom. The number of likely N-dealkylation sites (tertiary alicyclic amines) is 1. The van der Waals surface area contributed by atoms with E-state index in [0.717, 1.165) is 24.3 Å². The van der Waals surface area contributed by atoms with Crippen LogP contribution in [0.5, 0.6) is 0 Å². The fraction of sp³-hybridized carbons (Fsp3) is 0.400. The molecule has 0 bridgehead atoms. The summed E-state index contributed by atoms with van der Waals surface area (Å²) in [4.78, 5) is 16.8. The van der Waals surface area contributed by atoms with Crippen LogP contribution < -0.4 is 0 Å². The van der Waals surface area contributed by atoms with Crippen LogP contribution in [0.15, 0.2) is 22.9 Å². The van der Waals surface area contributed by atoms with Crippen LogP contribution in [0.2, 0.25) is 0 Å². The van der Waals surface area contributed by atoms with Crippen LogP contribution in [0.4, 0.5) is 0 Å². The van der Waals surface area contributed by atoms with Gasteiger partial charge in [0.1, 0.15) is 0 Å². The Labute approximate surface area is 121 Å². The molecule has 100 valence electrons. The first kappa shape index (κ1) is 12.9. The summed E-state index contributed by atoms with van der Waals surface area (Å²) < 4.78 is 0. The van der Waals surface area contributed by atoms with Gasteiger partial charge in [-0.3, -0.25) is 4.79 Å². The van der Waals surface area contributed by atoms with E-state index in [1.54, 1.807) is 22.7 Å². The molecule has 1 aliphatic heterocycles. The molecule has 1 amide bonds. The van der Waals surface area contributed by atoms with E-state index in [1.807, 2.05) is 11.0 Å². The number of carbonyl (C=O) groups is 1. The lowest BCUT2D eigenvalue weighted by Crippen LogP contribution is -2.29. The Balaban J connectivity index is 1.86. The highest BCUT2D eigenvalue weighted by molar-refractivity contribution is 7.14. The molecule has 1 saturated heterocycles. The van der Waals surface area contributed by atoms with Crippen molar-refractivity contribution in [1.29, 1.82) is 0 Å². The molecule has 0 aliphatic carbocycles. The number of aryl methyl sites for hydroxylation is 2. The van der Waals surface area contributed by atoms with E-state index < -0.39 is 0 Å². The zero-order valence-electron chi connectivity index (χ0n) is 11.2. The van der Waals surface area contributed by atoms with Crippen LogP contribution in [-0.2, 0) is 0 Å². The summed E-state index contributed by atoms with van der Waals surface area (Å²) in [5.74, 6) is 0.204. The fourth-order valence-electron chi connectivity index (χ4n) is 2.64. The SMILES string of the molecule is Cc1cc(C(=O)N2CCCC2c2ccsc2)sc1C. The monoisotopic (exact) mass is 291 g/mol. The Morgan fingerprint density at radius 3 is 2.89 bits per heavy atom. The topological polar surface area (TPSA) is 20.3 Å². The minimum atomic E-state index is 0.204. The molecule has 0 saturated carbocycles. The third-order valence-electron chi connectivity index (χ3n) is 3.82. The van der Waals surface area contributed by atoms with Crippen molar-refractivity contribution in [3.63, 3.8) is 0 Å². The lowest BCUT2D eigenvalue weighted by molar-refractivity contribution is 0.0741. The van der Waals surface area contributed by atoms with Gasteiger partial charge in [0, 0.05) is 11.4 Å². The van der Waals surface area contributed by atoms with E-state index in [9.17, 15) is 4.79 Å². The summed E-state index contributed by atoms with van der Waals surface area (Å²) >= 11 is 3.33. The number of nitrogens with zero attached hydrogens (tertiary/aromatic N) is 1. The first-order valence-electron chi connectivity index (χ1n) is 6.57. The Hall–Kier alpha value is -1.13. The van der Waals surface area contributed by atoms with Crippen molar-refractivity contribution >= 4 is 28.6 Å². The van der Waals surface area contributed by atoms with Crippen molar-refractivity contribution < 1.29 is 4.79 Å². The summed E-state index contributed by atoms with van der Waals surface area (Å²) in [6.45, 7) is 5.04. The minimum absolute atomic E-state index is 0.204. The maximum Gasteiger partial charge on any atom is 0.264 e. The summed E-state index contributed by atoms with van der Waals surface area (Å²) in [7, 11) is 0. The molecule has 1 fully saturated rings. The molecule has 2 nitrogen and oxygen atoms in total. The van der Waals surface area contributed by atoms with Gasteiger partial charge in [0.2, 0.25) is 0 Å². The highest BCUT2D eigenvalue weighted by Crippen LogP contribution is 2.35. The lowest BCUT2D eigenvalue weighted by Gasteiger charge is -2.23. The minimum Gasteiger partial charge on any atom is -0.331 e. The summed E-state index contributed by atoms with van der Waals surface area (Å²) in [6.07, 6.45) is 2.20. The van der Waals surface area contributed by atoms with Gasteiger partial charge in [-0.1, -0.05) is 0 Å². The third kappa shape index (κ3) is 2.35. The van der Waals surface area contributed by atoms with E-state index in [4.69, 9.17) is 0 Å². The van der Waals surface area contributed by atoms with Crippen molar-refractivity contribution in [3.8, 4) is 0 Å². The van der Waals surface area contributed by atoms with Crippen molar-refractivity contribution in [2.45, 2.75) is 32.7 Å². The Kier molecular flexibility index (Phi) is 3.46. The first-order chi connectivity index (χ1) is 9.16. The first-order valence-corrected chi connectivity index (χ1v) is 8.33. The summed E-state index contributed by atoms with van der Waals surface area (Å²) in [5, 5.41) is 4.26. The number of amides is 1. The van der Waals surface area contributed by atoms with Gasteiger partial charge in [0.05, 0.1) is 10.9 Å². The molecule has 0 aromatic carbocycles. The van der Waals surface area contributed by atoms with Crippen LogP contribution in [0.3, 0.4) is 0 Å². The molecule has 1 atom stereocenters. The van der Waals surface area contributed by atoms with Crippen LogP contribution in [-0.4, -0.2) is 17.4 Å².